The molecule has 0 fully saturated rings. The fourth-order valence-electron chi connectivity index (χ4n) is 5.68. The molecule has 0 saturated heterocycles. The lowest BCUT2D eigenvalue weighted by Gasteiger charge is -2.51. The molecule has 0 saturated carbocycles. The summed E-state index contributed by atoms with van der Waals surface area (Å²) in [6, 6.07) is 46.7. The summed E-state index contributed by atoms with van der Waals surface area (Å²) in [5.74, 6) is -0.250. The number of hydrogen-bond acceptors (Lipinski definition) is 2. The highest BCUT2D eigenvalue weighted by atomic mass is 16.3. The molecule has 0 aliphatic rings. The Kier molecular flexibility index (Phi) is 5.88. The Labute approximate surface area is 206 Å². The molecule has 0 radical (unpaired) electrons. The van der Waals surface area contributed by atoms with Crippen LogP contribution in [-0.4, -0.2) is 10.2 Å². The summed E-state index contributed by atoms with van der Waals surface area (Å²) in [5.41, 5.74) is 3.31. The number of hydrogen-bond donors (Lipinski definition) is 2. The van der Waals surface area contributed by atoms with Gasteiger partial charge in [0.05, 0.1) is 5.41 Å². The van der Waals surface area contributed by atoms with Gasteiger partial charge in [-0.15, -0.1) is 0 Å². The zero-order chi connectivity index (χ0) is 24.3. The monoisotopic (exact) mass is 456 g/mol. The van der Waals surface area contributed by atoms with Crippen LogP contribution in [0.1, 0.15) is 34.7 Å². The molecule has 0 aliphatic carbocycles. The molecule has 0 heterocycles. The molecule has 172 valence electrons. The minimum Gasteiger partial charge on any atom is -0.504 e. The minimum absolute atomic E-state index is 0.113. The van der Waals surface area contributed by atoms with E-state index < -0.39 is 10.8 Å². The predicted octanol–water partition coefficient (Wildman–Crippen LogP) is 7.44. The van der Waals surface area contributed by atoms with Gasteiger partial charge in [-0.25, -0.2) is 0 Å². The fourth-order valence-corrected chi connectivity index (χ4v) is 5.68. The summed E-state index contributed by atoms with van der Waals surface area (Å²) in [7, 11) is 0. The molecular weight excluding hydrogens is 428 g/mol. The van der Waals surface area contributed by atoms with Crippen molar-refractivity contribution in [2.45, 2.75) is 17.8 Å². The zero-order valence-electron chi connectivity index (χ0n) is 19.7. The summed E-state index contributed by atoms with van der Waals surface area (Å²) in [6.45, 7) is 2.24. The second kappa shape index (κ2) is 9.15. The number of rotatable bonds is 6. The molecule has 0 aromatic heterocycles. The van der Waals surface area contributed by atoms with Gasteiger partial charge >= 0.3 is 0 Å². The van der Waals surface area contributed by atoms with Gasteiger partial charge in [0.25, 0.3) is 0 Å². The Morgan fingerprint density at radius 3 is 1.20 bits per heavy atom. The number of phenols is 2. The van der Waals surface area contributed by atoms with E-state index in [0.29, 0.717) is 5.56 Å². The van der Waals surface area contributed by atoms with Gasteiger partial charge < -0.3 is 10.2 Å². The van der Waals surface area contributed by atoms with E-state index in [0.717, 1.165) is 22.3 Å². The molecule has 5 aromatic carbocycles. The minimum atomic E-state index is -0.888. The largest absolute Gasteiger partial charge is 0.504 e. The molecule has 0 aliphatic heterocycles. The Morgan fingerprint density at radius 2 is 0.800 bits per heavy atom. The predicted molar refractivity (Wildman–Crippen MR) is 142 cm³/mol. The van der Waals surface area contributed by atoms with Crippen LogP contribution in [0, 0.1) is 0 Å². The highest BCUT2D eigenvalue weighted by molar-refractivity contribution is 5.66. The van der Waals surface area contributed by atoms with Crippen LogP contribution < -0.4 is 0 Å². The summed E-state index contributed by atoms with van der Waals surface area (Å²) >= 11 is 0. The topological polar surface area (TPSA) is 40.5 Å². The SMILES string of the molecule is CC(c1ccccc1)(c1ccccc1)C(c1ccccc1)(c1ccccc1)c1cccc(O)c1O. The maximum atomic E-state index is 11.5. The first-order valence-electron chi connectivity index (χ1n) is 11.8. The smallest absolute Gasteiger partial charge is 0.161 e. The molecule has 35 heavy (non-hydrogen) atoms. The van der Waals surface area contributed by atoms with Crippen molar-refractivity contribution in [3.63, 3.8) is 0 Å². The Hall–Kier alpha value is -4.30. The Bertz CT molecular complexity index is 1320. The molecule has 2 N–H and O–H groups in total. The number of aromatic hydroxyl groups is 2. The number of phenolic OH excluding ortho intramolecular Hbond substituents is 2. The third kappa shape index (κ3) is 3.50. The summed E-state index contributed by atoms with van der Waals surface area (Å²) in [5, 5.41) is 22.2. The lowest BCUT2D eigenvalue weighted by atomic mass is 9.50. The van der Waals surface area contributed by atoms with E-state index in [1.165, 1.54) is 6.07 Å². The molecular formula is C33H28O2. The van der Waals surface area contributed by atoms with Gasteiger partial charge in [0.15, 0.2) is 11.5 Å². The van der Waals surface area contributed by atoms with E-state index in [4.69, 9.17) is 0 Å². The normalized spacial score (nSPS) is 11.8. The van der Waals surface area contributed by atoms with Gasteiger partial charge in [-0.2, -0.15) is 0 Å². The molecule has 0 atom stereocenters. The van der Waals surface area contributed by atoms with Crippen molar-refractivity contribution < 1.29 is 10.2 Å². The van der Waals surface area contributed by atoms with Crippen molar-refractivity contribution in [2.24, 2.45) is 0 Å². The highest BCUT2D eigenvalue weighted by Gasteiger charge is 2.55. The third-order valence-corrected chi connectivity index (χ3v) is 7.28. The first kappa shape index (κ1) is 22.5. The Morgan fingerprint density at radius 1 is 0.429 bits per heavy atom. The first-order chi connectivity index (χ1) is 17.1. The van der Waals surface area contributed by atoms with Crippen molar-refractivity contribution in [3.05, 3.63) is 167 Å². The van der Waals surface area contributed by atoms with Crippen molar-refractivity contribution in [3.8, 4) is 11.5 Å². The molecule has 0 bridgehead atoms. The van der Waals surface area contributed by atoms with Gasteiger partial charge in [-0.05, 0) is 35.2 Å². The van der Waals surface area contributed by atoms with E-state index in [2.05, 4.69) is 79.7 Å². The van der Waals surface area contributed by atoms with Crippen LogP contribution in [0.2, 0.25) is 0 Å². The summed E-state index contributed by atoms with van der Waals surface area (Å²) in [4.78, 5) is 0. The van der Waals surface area contributed by atoms with E-state index in [1.54, 1.807) is 6.07 Å². The number of benzene rings is 5. The quantitative estimate of drug-likeness (QED) is 0.206. The highest BCUT2D eigenvalue weighted by Crippen LogP contribution is 2.59. The first-order valence-corrected chi connectivity index (χ1v) is 11.8. The maximum absolute atomic E-state index is 11.5. The average Bonchev–Trinajstić information content (AvgIpc) is 2.93. The summed E-state index contributed by atoms with van der Waals surface area (Å²) in [6.07, 6.45) is 0. The van der Waals surface area contributed by atoms with Crippen LogP contribution in [0.25, 0.3) is 0 Å². The molecule has 2 heteroatoms. The van der Waals surface area contributed by atoms with Gasteiger partial charge in [0.1, 0.15) is 0 Å². The molecule has 5 rings (SSSR count). The number of para-hydroxylation sites is 1. The van der Waals surface area contributed by atoms with Crippen molar-refractivity contribution >= 4 is 0 Å². The molecule has 2 nitrogen and oxygen atoms in total. The van der Waals surface area contributed by atoms with Gasteiger partial charge in [0.2, 0.25) is 0 Å². The standard InChI is InChI=1S/C33H28O2/c1-32(25-15-6-2-7-16-25,26-17-8-3-9-18-26)33(27-19-10-4-11-20-27,28-21-12-5-13-22-28)29-23-14-24-30(34)31(29)35/h2-24,34-35H,1H3. The summed E-state index contributed by atoms with van der Waals surface area (Å²) < 4.78 is 0. The van der Waals surface area contributed by atoms with Gasteiger partial charge in [-0.3, -0.25) is 0 Å². The lowest BCUT2D eigenvalue weighted by Crippen LogP contribution is -2.50. The molecule has 0 spiro atoms. The van der Waals surface area contributed by atoms with Crippen LogP contribution in [0.15, 0.2) is 140 Å². The second-order valence-corrected chi connectivity index (χ2v) is 9.01. The van der Waals surface area contributed by atoms with E-state index in [1.807, 2.05) is 54.6 Å². The average molecular weight is 457 g/mol. The molecule has 0 unspecified atom stereocenters. The third-order valence-electron chi connectivity index (χ3n) is 7.28. The lowest BCUT2D eigenvalue weighted by molar-refractivity contribution is 0.352. The van der Waals surface area contributed by atoms with Crippen LogP contribution in [-0.2, 0) is 10.8 Å². The van der Waals surface area contributed by atoms with Gasteiger partial charge in [-0.1, -0.05) is 133 Å². The van der Waals surface area contributed by atoms with Crippen molar-refractivity contribution in [2.75, 3.05) is 0 Å². The van der Waals surface area contributed by atoms with Gasteiger partial charge in [0, 0.05) is 11.0 Å². The zero-order valence-corrected chi connectivity index (χ0v) is 19.7. The van der Waals surface area contributed by atoms with Crippen LogP contribution in [0.3, 0.4) is 0 Å². The van der Waals surface area contributed by atoms with Crippen LogP contribution >= 0.6 is 0 Å². The Balaban J connectivity index is 2.05. The van der Waals surface area contributed by atoms with E-state index >= 15 is 0 Å². The molecule has 5 aromatic rings. The maximum Gasteiger partial charge on any atom is 0.161 e. The van der Waals surface area contributed by atoms with E-state index in [9.17, 15) is 10.2 Å². The van der Waals surface area contributed by atoms with Crippen molar-refractivity contribution in [1.29, 1.82) is 0 Å². The molecule has 0 amide bonds. The van der Waals surface area contributed by atoms with Crippen molar-refractivity contribution in [1.82, 2.24) is 0 Å². The van der Waals surface area contributed by atoms with Crippen LogP contribution in [0.4, 0.5) is 0 Å². The fraction of sp³-hybridized carbons (Fsp3) is 0.0909. The second-order valence-electron chi connectivity index (χ2n) is 9.01. The van der Waals surface area contributed by atoms with E-state index in [-0.39, 0.29) is 11.5 Å². The van der Waals surface area contributed by atoms with Crippen LogP contribution in [0.5, 0.6) is 11.5 Å².